The third-order valence-electron chi connectivity index (χ3n) is 10.4. The summed E-state index contributed by atoms with van der Waals surface area (Å²) in [7, 11) is 0. The third kappa shape index (κ3) is 4.53. The van der Waals surface area contributed by atoms with Crippen LogP contribution >= 0.6 is 0 Å². The number of allylic oxidation sites excluding steroid dienone is 4. The molecule has 7 aromatic carbocycles. The minimum atomic E-state index is 0.0133. The molecule has 52 heavy (non-hydrogen) atoms. The van der Waals surface area contributed by atoms with E-state index in [9.17, 15) is 0 Å². The summed E-state index contributed by atoms with van der Waals surface area (Å²) in [6.45, 7) is 0. The van der Waals surface area contributed by atoms with Crippen LogP contribution in [0, 0.1) is 0 Å². The highest BCUT2D eigenvalue weighted by Gasteiger charge is 2.23. The molecule has 5 heteroatoms. The van der Waals surface area contributed by atoms with Gasteiger partial charge in [0.1, 0.15) is 28.2 Å². The average molecular weight is 668 g/mol. The third-order valence-corrected chi connectivity index (χ3v) is 10.4. The van der Waals surface area contributed by atoms with Crippen LogP contribution in [0.25, 0.3) is 99.3 Å². The number of nitrogens with zero attached hydrogens (tertiary/aromatic N) is 3. The maximum Gasteiger partial charge on any atom is 0.164 e. The Morgan fingerprint density at radius 3 is 1.90 bits per heavy atom. The molecule has 244 valence electrons. The molecule has 0 amide bonds. The molecule has 10 aromatic rings. The molecule has 0 N–H and O–H groups in total. The van der Waals surface area contributed by atoms with Gasteiger partial charge in [-0.1, -0.05) is 121 Å². The Labute approximate surface area is 298 Å². The molecule has 0 saturated heterocycles. The molecule has 5 nitrogen and oxygen atoms in total. The average Bonchev–Trinajstić information content (AvgIpc) is 3.79. The minimum absolute atomic E-state index is 0.0133. The molecule has 1 aliphatic rings. The van der Waals surface area contributed by atoms with Crippen LogP contribution in [0.4, 0.5) is 0 Å². The van der Waals surface area contributed by atoms with Crippen molar-refractivity contribution in [3.8, 4) is 33.9 Å². The number of fused-ring (bicyclic) bond motifs is 9. The smallest absolute Gasteiger partial charge is 0.164 e. The van der Waals surface area contributed by atoms with E-state index in [1.54, 1.807) is 0 Å². The van der Waals surface area contributed by atoms with Crippen LogP contribution in [0.3, 0.4) is 0 Å². The maximum absolute atomic E-state index is 6.59. The van der Waals surface area contributed by atoms with Gasteiger partial charge in [0, 0.05) is 38.6 Å². The number of rotatable bonds is 4. The van der Waals surface area contributed by atoms with Crippen LogP contribution in [0.15, 0.2) is 167 Å². The van der Waals surface area contributed by atoms with Crippen molar-refractivity contribution < 1.29 is 8.83 Å². The molecule has 3 aromatic heterocycles. The lowest BCUT2D eigenvalue weighted by Crippen LogP contribution is -2.08. The van der Waals surface area contributed by atoms with E-state index in [0.29, 0.717) is 11.6 Å². The summed E-state index contributed by atoms with van der Waals surface area (Å²) >= 11 is 0. The van der Waals surface area contributed by atoms with Gasteiger partial charge < -0.3 is 8.83 Å². The quantitative estimate of drug-likeness (QED) is 0.175. The summed E-state index contributed by atoms with van der Waals surface area (Å²) in [4.78, 5) is 15.8. The topological polar surface area (TPSA) is 65.0 Å². The van der Waals surface area contributed by atoms with E-state index in [0.717, 1.165) is 78.4 Å². The molecular formula is C47H29N3O2. The Bertz CT molecular complexity index is 3130. The molecule has 3 heterocycles. The summed E-state index contributed by atoms with van der Waals surface area (Å²) in [5.74, 6) is 1.97. The van der Waals surface area contributed by atoms with Crippen LogP contribution < -0.4 is 0 Å². The van der Waals surface area contributed by atoms with Gasteiger partial charge in [-0.05, 0) is 75.5 Å². The number of hydrogen-bond donors (Lipinski definition) is 0. The van der Waals surface area contributed by atoms with Gasteiger partial charge in [-0.3, -0.25) is 0 Å². The van der Waals surface area contributed by atoms with Gasteiger partial charge in [-0.2, -0.15) is 0 Å². The standard InChI is InChI=1S/C47H29N3O2/c1-2-12-30(13-3-1)45-48-46(36-17-10-20-41-43(36)34-15-6-8-18-39(34)51-41)50-47(49-45)38-26-32(27-42-44(38)35-16-7-9-19-40(35)52-42)31-24-23-29-22-21-28-11-4-5-14-33(28)37(29)25-31/h1-12,14-27,30H,13H2. The van der Waals surface area contributed by atoms with Gasteiger partial charge in [0.15, 0.2) is 11.6 Å². The van der Waals surface area contributed by atoms with Gasteiger partial charge in [-0.15, -0.1) is 0 Å². The van der Waals surface area contributed by atoms with Gasteiger partial charge in [0.25, 0.3) is 0 Å². The number of furan rings is 2. The predicted octanol–water partition coefficient (Wildman–Crippen LogP) is 12.6. The Morgan fingerprint density at radius 2 is 1.12 bits per heavy atom. The van der Waals surface area contributed by atoms with Crippen molar-refractivity contribution in [3.05, 3.63) is 164 Å². The second-order valence-electron chi connectivity index (χ2n) is 13.5. The summed E-state index contributed by atoms with van der Waals surface area (Å²) < 4.78 is 12.9. The SMILES string of the molecule is C1=CCC(c2nc(-c3cccc4oc5ccccc5c34)nc(-c3cc(-c4ccc5ccc6ccccc6c5c4)cc4oc5ccccc5c34)n2)C=C1. The van der Waals surface area contributed by atoms with Crippen LogP contribution in [0.1, 0.15) is 18.2 Å². The molecule has 0 saturated carbocycles. The van der Waals surface area contributed by atoms with Crippen LogP contribution in [-0.4, -0.2) is 15.0 Å². The fourth-order valence-corrected chi connectivity index (χ4v) is 7.91. The molecule has 0 bridgehead atoms. The summed E-state index contributed by atoms with van der Waals surface area (Å²) in [6, 6.07) is 46.5. The first-order valence-electron chi connectivity index (χ1n) is 17.6. The Kier molecular flexibility index (Phi) is 6.31. The zero-order valence-corrected chi connectivity index (χ0v) is 28.0. The Hall–Kier alpha value is -6.85. The highest BCUT2D eigenvalue weighted by Crippen LogP contribution is 2.42. The molecule has 0 fully saturated rings. The normalized spacial score (nSPS) is 14.5. The molecule has 1 unspecified atom stereocenters. The largest absolute Gasteiger partial charge is 0.456 e. The number of aromatic nitrogens is 3. The molecule has 0 spiro atoms. The van der Waals surface area contributed by atoms with E-state index in [4.69, 9.17) is 23.8 Å². The van der Waals surface area contributed by atoms with Crippen molar-refractivity contribution >= 4 is 65.4 Å². The van der Waals surface area contributed by atoms with Gasteiger partial charge in [-0.25, -0.2) is 15.0 Å². The number of hydrogen-bond acceptors (Lipinski definition) is 5. The lowest BCUT2D eigenvalue weighted by molar-refractivity contribution is 0.668. The number of benzene rings is 7. The highest BCUT2D eigenvalue weighted by molar-refractivity contribution is 6.15. The van der Waals surface area contributed by atoms with E-state index in [-0.39, 0.29) is 5.92 Å². The van der Waals surface area contributed by atoms with Crippen molar-refractivity contribution in [2.75, 3.05) is 0 Å². The van der Waals surface area contributed by atoms with Crippen molar-refractivity contribution in [2.24, 2.45) is 0 Å². The van der Waals surface area contributed by atoms with Crippen molar-refractivity contribution in [2.45, 2.75) is 12.3 Å². The van der Waals surface area contributed by atoms with Crippen molar-refractivity contribution in [1.29, 1.82) is 0 Å². The van der Waals surface area contributed by atoms with E-state index in [1.165, 1.54) is 21.5 Å². The molecule has 1 aliphatic carbocycles. The fourth-order valence-electron chi connectivity index (χ4n) is 7.91. The first kappa shape index (κ1) is 28.9. The Morgan fingerprint density at radius 1 is 0.462 bits per heavy atom. The zero-order valence-electron chi connectivity index (χ0n) is 28.0. The van der Waals surface area contributed by atoms with Crippen LogP contribution in [0.2, 0.25) is 0 Å². The summed E-state index contributed by atoms with van der Waals surface area (Å²) in [5.41, 5.74) is 7.19. The first-order chi connectivity index (χ1) is 25.7. The van der Waals surface area contributed by atoms with Crippen molar-refractivity contribution in [3.63, 3.8) is 0 Å². The number of para-hydroxylation sites is 2. The monoisotopic (exact) mass is 667 g/mol. The van der Waals surface area contributed by atoms with E-state index in [2.05, 4.69) is 115 Å². The second-order valence-corrected chi connectivity index (χ2v) is 13.5. The van der Waals surface area contributed by atoms with Gasteiger partial charge in [0.05, 0.1) is 0 Å². The Balaban J connectivity index is 1.20. The highest BCUT2D eigenvalue weighted by atomic mass is 16.3. The summed E-state index contributed by atoms with van der Waals surface area (Å²) in [5, 5.41) is 8.91. The lowest BCUT2D eigenvalue weighted by Gasteiger charge is -2.15. The first-order valence-corrected chi connectivity index (χ1v) is 17.6. The van der Waals surface area contributed by atoms with Crippen LogP contribution in [-0.2, 0) is 0 Å². The zero-order chi connectivity index (χ0) is 34.2. The van der Waals surface area contributed by atoms with E-state index >= 15 is 0 Å². The molecule has 1 atom stereocenters. The van der Waals surface area contributed by atoms with E-state index < -0.39 is 0 Å². The van der Waals surface area contributed by atoms with Crippen LogP contribution in [0.5, 0.6) is 0 Å². The van der Waals surface area contributed by atoms with E-state index in [1.807, 2.05) is 42.5 Å². The molecule has 0 aliphatic heterocycles. The predicted molar refractivity (Wildman–Crippen MR) is 211 cm³/mol. The minimum Gasteiger partial charge on any atom is -0.456 e. The maximum atomic E-state index is 6.59. The second kappa shape index (κ2) is 11.3. The van der Waals surface area contributed by atoms with Gasteiger partial charge in [0.2, 0.25) is 0 Å². The summed E-state index contributed by atoms with van der Waals surface area (Å²) in [6.07, 6.45) is 9.31. The molecule has 11 rings (SSSR count). The fraction of sp³-hybridized carbons (Fsp3) is 0.0426. The lowest BCUT2D eigenvalue weighted by atomic mass is 9.94. The molecule has 0 radical (unpaired) electrons. The van der Waals surface area contributed by atoms with Gasteiger partial charge >= 0.3 is 0 Å². The molecular weight excluding hydrogens is 639 g/mol. The van der Waals surface area contributed by atoms with Crippen molar-refractivity contribution in [1.82, 2.24) is 15.0 Å².